The molecule has 0 fully saturated rings. The van der Waals surface area contributed by atoms with Crippen LogP contribution in [0.4, 0.5) is 0 Å². The second kappa shape index (κ2) is 3.62. The maximum atomic E-state index is 5.97. The van der Waals surface area contributed by atoms with Crippen LogP contribution in [0.3, 0.4) is 0 Å². The molecular formula is C12H17NO. The van der Waals surface area contributed by atoms with Gasteiger partial charge in [0, 0.05) is 6.04 Å². The van der Waals surface area contributed by atoms with E-state index in [4.69, 9.17) is 10.5 Å². The van der Waals surface area contributed by atoms with E-state index in [9.17, 15) is 0 Å². The quantitative estimate of drug-likeness (QED) is 0.735. The van der Waals surface area contributed by atoms with E-state index >= 15 is 0 Å². The molecule has 76 valence electrons. The lowest BCUT2D eigenvalue weighted by molar-refractivity contribution is 0.403. The third kappa shape index (κ3) is 1.50. The highest BCUT2D eigenvalue weighted by atomic mass is 16.5. The van der Waals surface area contributed by atoms with Gasteiger partial charge in [0.15, 0.2) is 0 Å². The Bertz CT molecular complexity index is 346. The van der Waals surface area contributed by atoms with Gasteiger partial charge in [0.1, 0.15) is 5.75 Å². The van der Waals surface area contributed by atoms with E-state index in [-0.39, 0.29) is 0 Å². The molecule has 2 N–H and O–H groups in total. The van der Waals surface area contributed by atoms with Gasteiger partial charge in [-0.3, -0.25) is 0 Å². The Morgan fingerprint density at radius 3 is 2.86 bits per heavy atom. The summed E-state index contributed by atoms with van der Waals surface area (Å²) in [5.41, 5.74) is 10.1. The highest BCUT2D eigenvalue weighted by molar-refractivity contribution is 5.46. The molecule has 1 aliphatic rings. The normalized spacial score (nSPS) is 20.4. The molecule has 14 heavy (non-hydrogen) atoms. The Morgan fingerprint density at radius 2 is 2.14 bits per heavy atom. The average Bonchev–Trinajstić information content (AvgIpc) is 2.18. The van der Waals surface area contributed by atoms with Crippen molar-refractivity contribution in [2.24, 2.45) is 5.73 Å². The molecule has 2 nitrogen and oxygen atoms in total. The molecule has 0 radical (unpaired) electrons. The van der Waals surface area contributed by atoms with Crippen LogP contribution in [0.5, 0.6) is 5.75 Å². The van der Waals surface area contributed by atoms with Gasteiger partial charge in [0.2, 0.25) is 0 Å². The molecule has 1 atom stereocenters. The summed E-state index contributed by atoms with van der Waals surface area (Å²) in [6.07, 6.45) is 3.15. The molecule has 0 aromatic heterocycles. The lowest BCUT2D eigenvalue weighted by Crippen LogP contribution is -2.28. The van der Waals surface area contributed by atoms with E-state index in [1.807, 2.05) is 6.07 Å². The van der Waals surface area contributed by atoms with E-state index in [1.165, 1.54) is 16.7 Å². The largest absolute Gasteiger partial charge is 0.496 e. The number of benzene rings is 1. The van der Waals surface area contributed by atoms with Crippen molar-refractivity contribution in [3.05, 3.63) is 28.8 Å². The lowest BCUT2D eigenvalue weighted by Gasteiger charge is -2.24. The smallest absolute Gasteiger partial charge is 0.122 e. The predicted octanol–water partition coefficient (Wildman–Crippen LogP) is 1.82. The van der Waals surface area contributed by atoms with Gasteiger partial charge in [-0.05, 0) is 48.9 Å². The molecule has 1 aromatic rings. The highest BCUT2D eigenvalue weighted by Gasteiger charge is 2.20. The first-order valence-electron chi connectivity index (χ1n) is 5.13. The molecule has 2 rings (SSSR count). The van der Waals surface area contributed by atoms with Gasteiger partial charge in [-0.25, -0.2) is 0 Å². The molecule has 0 aliphatic heterocycles. The van der Waals surface area contributed by atoms with Crippen molar-refractivity contribution >= 4 is 0 Å². The first-order valence-corrected chi connectivity index (χ1v) is 5.13. The van der Waals surface area contributed by atoms with Crippen LogP contribution in [0.2, 0.25) is 0 Å². The summed E-state index contributed by atoms with van der Waals surface area (Å²) in [6, 6.07) is 4.49. The number of nitrogens with two attached hydrogens (primary N) is 1. The third-order valence-corrected chi connectivity index (χ3v) is 3.07. The zero-order valence-corrected chi connectivity index (χ0v) is 8.84. The average molecular weight is 191 g/mol. The third-order valence-electron chi connectivity index (χ3n) is 3.07. The number of hydrogen-bond acceptors (Lipinski definition) is 2. The van der Waals surface area contributed by atoms with Gasteiger partial charge in [-0.15, -0.1) is 0 Å². The summed E-state index contributed by atoms with van der Waals surface area (Å²) in [7, 11) is 1.73. The zero-order valence-electron chi connectivity index (χ0n) is 8.84. The molecule has 0 unspecified atom stereocenters. The number of aryl methyl sites for hydroxylation is 1. The van der Waals surface area contributed by atoms with Crippen LogP contribution in [0, 0.1) is 6.92 Å². The first kappa shape index (κ1) is 9.53. The maximum absolute atomic E-state index is 5.97. The van der Waals surface area contributed by atoms with Gasteiger partial charge in [0.05, 0.1) is 7.11 Å². The summed E-state index contributed by atoms with van der Waals surface area (Å²) >= 11 is 0. The number of methoxy groups -OCH3 is 1. The minimum Gasteiger partial charge on any atom is -0.496 e. The van der Waals surface area contributed by atoms with Crippen molar-refractivity contribution in [2.75, 3.05) is 7.11 Å². The van der Waals surface area contributed by atoms with E-state index in [2.05, 4.69) is 13.0 Å². The molecule has 2 heteroatoms. The molecule has 0 amide bonds. The summed E-state index contributed by atoms with van der Waals surface area (Å²) in [5.74, 6) is 1.00. The van der Waals surface area contributed by atoms with Crippen LogP contribution >= 0.6 is 0 Å². The maximum Gasteiger partial charge on any atom is 0.122 e. The van der Waals surface area contributed by atoms with E-state index in [0.717, 1.165) is 25.0 Å². The monoisotopic (exact) mass is 191 g/mol. The molecular weight excluding hydrogens is 174 g/mol. The number of rotatable bonds is 1. The molecule has 1 aromatic carbocycles. The Labute approximate surface area is 85.1 Å². The second-order valence-electron chi connectivity index (χ2n) is 4.04. The predicted molar refractivity (Wildman–Crippen MR) is 57.7 cm³/mol. The van der Waals surface area contributed by atoms with Crippen LogP contribution < -0.4 is 10.5 Å². The Hall–Kier alpha value is -1.02. The molecule has 0 spiro atoms. The van der Waals surface area contributed by atoms with E-state index in [1.54, 1.807) is 7.11 Å². The van der Waals surface area contributed by atoms with Crippen molar-refractivity contribution in [3.8, 4) is 5.75 Å². The van der Waals surface area contributed by atoms with Crippen LogP contribution in [-0.4, -0.2) is 13.2 Å². The number of ether oxygens (including phenoxy) is 1. The first-order chi connectivity index (χ1) is 6.72. The van der Waals surface area contributed by atoms with Gasteiger partial charge >= 0.3 is 0 Å². The van der Waals surface area contributed by atoms with Gasteiger partial charge in [-0.1, -0.05) is 6.07 Å². The SMILES string of the molecule is COc1ccc(C)c2c1C[C@@H](N)CC2. The minimum atomic E-state index is 0.304. The Kier molecular flexibility index (Phi) is 2.46. The van der Waals surface area contributed by atoms with Crippen molar-refractivity contribution in [3.63, 3.8) is 0 Å². The van der Waals surface area contributed by atoms with Gasteiger partial charge < -0.3 is 10.5 Å². The second-order valence-corrected chi connectivity index (χ2v) is 4.04. The fraction of sp³-hybridized carbons (Fsp3) is 0.500. The summed E-state index contributed by atoms with van der Waals surface area (Å²) in [6.45, 7) is 2.16. The molecule has 0 saturated carbocycles. The number of hydrogen-bond donors (Lipinski definition) is 1. The number of fused-ring (bicyclic) bond motifs is 1. The highest BCUT2D eigenvalue weighted by Crippen LogP contribution is 2.31. The van der Waals surface area contributed by atoms with Gasteiger partial charge in [-0.2, -0.15) is 0 Å². The molecule has 0 saturated heterocycles. The van der Waals surface area contributed by atoms with E-state index in [0.29, 0.717) is 6.04 Å². The standard InChI is InChI=1S/C12H17NO/c1-8-3-6-12(14-2)11-7-9(13)4-5-10(8)11/h3,6,9H,4-5,7,13H2,1-2H3/t9-/m0/s1. The van der Waals surface area contributed by atoms with Crippen molar-refractivity contribution in [2.45, 2.75) is 32.2 Å². The summed E-state index contributed by atoms with van der Waals surface area (Å²) in [4.78, 5) is 0. The van der Waals surface area contributed by atoms with Crippen molar-refractivity contribution in [1.29, 1.82) is 0 Å². The van der Waals surface area contributed by atoms with E-state index < -0.39 is 0 Å². The van der Waals surface area contributed by atoms with Crippen LogP contribution in [-0.2, 0) is 12.8 Å². The Morgan fingerprint density at radius 1 is 1.36 bits per heavy atom. The molecule has 0 bridgehead atoms. The topological polar surface area (TPSA) is 35.2 Å². The van der Waals surface area contributed by atoms with Crippen molar-refractivity contribution < 1.29 is 4.74 Å². The van der Waals surface area contributed by atoms with Crippen LogP contribution in [0.15, 0.2) is 12.1 Å². The summed E-state index contributed by atoms with van der Waals surface area (Å²) in [5, 5.41) is 0. The fourth-order valence-electron chi connectivity index (χ4n) is 2.25. The fourth-order valence-corrected chi connectivity index (χ4v) is 2.25. The zero-order chi connectivity index (χ0) is 10.1. The molecule has 0 heterocycles. The van der Waals surface area contributed by atoms with Crippen LogP contribution in [0.1, 0.15) is 23.1 Å². The lowest BCUT2D eigenvalue weighted by atomic mass is 9.85. The minimum absolute atomic E-state index is 0.304. The van der Waals surface area contributed by atoms with Crippen molar-refractivity contribution in [1.82, 2.24) is 0 Å². The Balaban J connectivity index is 2.49. The summed E-state index contributed by atoms with van der Waals surface area (Å²) < 4.78 is 5.36. The molecule has 1 aliphatic carbocycles. The van der Waals surface area contributed by atoms with Crippen LogP contribution in [0.25, 0.3) is 0 Å². The van der Waals surface area contributed by atoms with Gasteiger partial charge in [0.25, 0.3) is 0 Å².